The summed E-state index contributed by atoms with van der Waals surface area (Å²) in [6, 6.07) is 10.2. The van der Waals surface area contributed by atoms with E-state index in [0.717, 1.165) is 31.5 Å². The van der Waals surface area contributed by atoms with E-state index in [4.69, 9.17) is 25.6 Å². The fourth-order valence-corrected chi connectivity index (χ4v) is 5.39. The SMILES string of the molecule is COc1ccc(-c2noc(CN3CCC(C(=O)NCCSCc4c(F)cccc4Cl)CC3)n2)cc1OC. The number of carbonyl (C=O) groups excluding carboxylic acids is 1. The van der Waals surface area contributed by atoms with Gasteiger partial charge in [0.2, 0.25) is 17.6 Å². The van der Waals surface area contributed by atoms with Crippen LogP contribution in [0.5, 0.6) is 11.5 Å². The van der Waals surface area contributed by atoms with Crippen molar-refractivity contribution in [2.75, 3.05) is 39.6 Å². The van der Waals surface area contributed by atoms with Crippen LogP contribution in [0.1, 0.15) is 24.3 Å². The molecule has 1 fully saturated rings. The van der Waals surface area contributed by atoms with Gasteiger partial charge in [-0.05, 0) is 56.3 Å². The van der Waals surface area contributed by atoms with Crippen LogP contribution in [0.25, 0.3) is 11.4 Å². The van der Waals surface area contributed by atoms with Gasteiger partial charge >= 0.3 is 0 Å². The van der Waals surface area contributed by atoms with Gasteiger partial charge in [0.15, 0.2) is 11.5 Å². The van der Waals surface area contributed by atoms with Crippen molar-refractivity contribution in [1.29, 1.82) is 0 Å². The van der Waals surface area contributed by atoms with E-state index in [-0.39, 0.29) is 17.6 Å². The first-order valence-electron chi connectivity index (χ1n) is 12.0. The highest BCUT2D eigenvalue weighted by molar-refractivity contribution is 7.98. The molecule has 0 radical (unpaired) electrons. The number of benzene rings is 2. The van der Waals surface area contributed by atoms with Gasteiger partial charge in [0.25, 0.3) is 0 Å². The number of ether oxygens (including phenoxy) is 2. The Kier molecular flexibility index (Phi) is 9.65. The number of nitrogens with one attached hydrogen (secondary N) is 1. The number of amides is 1. The van der Waals surface area contributed by atoms with Crippen LogP contribution in [0.4, 0.5) is 4.39 Å². The van der Waals surface area contributed by atoms with E-state index in [9.17, 15) is 9.18 Å². The summed E-state index contributed by atoms with van der Waals surface area (Å²) in [4.78, 5) is 19.3. The third-order valence-electron chi connectivity index (χ3n) is 6.28. The molecule has 1 N–H and O–H groups in total. The topological polar surface area (TPSA) is 89.7 Å². The minimum absolute atomic E-state index is 0.0210. The second kappa shape index (κ2) is 13.1. The summed E-state index contributed by atoms with van der Waals surface area (Å²) in [6.07, 6.45) is 1.53. The molecular weight excluding hydrogens is 519 g/mol. The molecule has 2 aromatic carbocycles. The lowest BCUT2D eigenvalue weighted by Gasteiger charge is -2.30. The summed E-state index contributed by atoms with van der Waals surface area (Å²) in [6.45, 7) is 2.61. The molecule has 0 unspecified atom stereocenters. The first-order chi connectivity index (χ1) is 18.0. The van der Waals surface area contributed by atoms with Crippen LogP contribution in [-0.2, 0) is 17.1 Å². The molecule has 8 nitrogen and oxygen atoms in total. The lowest BCUT2D eigenvalue weighted by molar-refractivity contribution is -0.126. The van der Waals surface area contributed by atoms with E-state index in [2.05, 4.69) is 20.4 Å². The number of likely N-dealkylation sites (tertiary alicyclic amines) is 1. The van der Waals surface area contributed by atoms with Crippen LogP contribution in [0.3, 0.4) is 0 Å². The number of carbonyl (C=O) groups is 1. The number of thioether (sulfide) groups is 1. The highest BCUT2D eigenvalue weighted by atomic mass is 35.5. The normalized spacial score (nSPS) is 14.5. The molecule has 0 bridgehead atoms. The Bertz CT molecular complexity index is 1180. The second-order valence-corrected chi connectivity index (χ2v) is 10.2. The van der Waals surface area contributed by atoms with Crippen molar-refractivity contribution in [3.8, 4) is 22.9 Å². The van der Waals surface area contributed by atoms with Gasteiger partial charge in [0.1, 0.15) is 5.82 Å². The van der Waals surface area contributed by atoms with Crippen LogP contribution >= 0.6 is 23.4 Å². The monoisotopic (exact) mass is 548 g/mol. The van der Waals surface area contributed by atoms with Gasteiger partial charge in [-0.2, -0.15) is 16.7 Å². The van der Waals surface area contributed by atoms with E-state index in [0.29, 0.717) is 58.4 Å². The van der Waals surface area contributed by atoms with Crippen molar-refractivity contribution in [2.45, 2.75) is 25.1 Å². The Labute approximate surface area is 224 Å². The van der Waals surface area contributed by atoms with Gasteiger partial charge in [0.05, 0.1) is 20.8 Å². The van der Waals surface area contributed by atoms with Crippen LogP contribution in [0.2, 0.25) is 5.02 Å². The molecule has 0 atom stereocenters. The zero-order valence-electron chi connectivity index (χ0n) is 20.8. The molecule has 1 aliphatic heterocycles. The van der Waals surface area contributed by atoms with Crippen LogP contribution < -0.4 is 14.8 Å². The number of piperidine rings is 1. The molecule has 1 aliphatic rings. The maximum absolute atomic E-state index is 13.8. The van der Waals surface area contributed by atoms with Gasteiger partial charge in [-0.25, -0.2) is 4.39 Å². The Morgan fingerprint density at radius 2 is 2.00 bits per heavy atom. The summed E-state index contributed by atoms with van der Waals surface area (Å²) in [5.41, 5.74) is 1.28. The minimum Gasteiger partial charge on any atom is -0.493 e. The zero-order valence-corrected chi connectivity index (χ0v) is 22.4. The van der Waals surface area contributed by atoms with Gasteiger partial charge < -0.3 is 19.3 Å². The van der Waals surface area contributed by atoms with Crippen molar-refractivity contribution in [3.63, 3.8) is 0 Å². The Hall–Kier alpha value is -2.82. The van der Waals surface area contributed by atoms with Crippen LogP contribution in [0, 0.1) is 11.7 Å². The molecule has 11 heteroatoms. The molecular formula is C26H30ClFN4O4S. The average molecular weight is 549 g/mol. The lowest BCUT2D eigenvalue weighted by Crippen LogP contribution is -2.40. The molecule has 1 amide bonds. The molecule has 0 spiro atoms. The summed E-state index contributed by atoms with van der Waals surface area (Å²) >= 11 is 7.60. The molecule has 4 rings (SSSR count). The van der Waals surface area contributed by atoms with Crippen molar-refractivity contribution >= 4 is 29.3 Å². The number of nitrogens with zero attached hydrogens (tertiary/aromatic N) is 3. The van der Waals surface area contributed by atoms with Crippen molar-refractivity contribution in [2.24, 2.45) is 5.92 Å². The van der Waals surface area contributed by atoms with E-state index in [1.54, 1.807) is 44.2 Å². The fourth-order valence-electron chi connectivity index (χ4n) is 4.19. The molecule has 1 saturated heterocycles. The number of aromatic nitrogens is 2. The largest absolute Gasteiger partial charge is 0.493 e. The highest BCUT2D eigenvalue weighted by Crippen LogP contribution is 2.31. The van der Waals surface area contributed by atoms with Gasteiger partial charge in [-0.15, -0.1) is 0 Å². The van der Waals surface area contributed by atoms with Crippen molar-refractivity contribution in [1.82, 2.24) is 20.4 Å². The molecule has 0 saturated carbocycles. The number of methoxy groups -OCH3 is 2. The Balaban J connectivity index is 1.18. The maximum Gasteiger partial charge on any atom is 0.241 e. The summed E-state index contributed by atoms with van der Waals surface area (Å²) in [7, 11) is 3.17. The van der Waals surface area contributed by atoms with Crippen molar-refractivity contribution < 1.29 is 23.2 Å². The number of rotatable bonds is 11. The molecule has 3 aromatic rings. The van der Waals surface area contributed by atoms with Crippen LogP contribution in [-0.4, -0.2) is 60.6 Å². The molecule has 1 aromatic heterocycles. The van der Waals surface area contributed by atoms with E-state index >= 15 is 0 Å². The van der Waals surface area contributed by atoms with Gasteiger partial charge in [0, 0.05) is 40.1 Å². The number of hydrogen-bond donors (Lipinski definition) is 1. The van der Waals surface area contributed by atoms with Gasteiger partial charge in [-0.3, -0.25) is 9.69 Å². The fraction of sp³-hybridized carbons (Fsp3) is 0.423. The smallest absolute Gasteiger partial charge is 0.241 e. The number of halogens is 2. The van der Waals surface area contributed by atoms with Crippen molar-refractivity contribution in [3.05, 3.63) is 58.7 Å². The third-order valence-corrected chi connectivity index (χ3v) is 7.62. The maximum atomic E-state index is 13.8. The highest BCUT2D eigenvalue weighted by Gasteiger charge is 2.26. The predicted octanol–water partition coefficient (Wildman–Crippen LogP) is 4.81. The Morgan fingerprint density at radius 1 is 1.22 bits per heavy atom. The standard InChI is InChI=1S/C26H30ClFN4O4S/c1-34-22-7-6-18(14-23(22)35-2)25-30-24(36-31-25)15-32-11-8-17(9-12-32)26(33)29-10-13-37-16-19-20(27)4-3-5-21(19)28/h3-7,14,17H,8-13,15-16H2,1-2H3,(H,29,33). The lowest BCUT2D eigenvalue weighted by atomic mass is 9.96. The summed E-state index contributed by atoms with van der Waals surface area (Å²) < 4.78 is 29.9. The average Bonchev–Trinajstić information content (AvgIpc) is 3.38. The Morgan fingerprint density at radius 3 is 2.73 bits per heavy atom. The quantitative estimate of drug-likeness (QED) is 0.342. The number of hydrogen-bond acceptors (Lipinski definition) is 8. The summed E-state index contributed by atoms with van der Waals surface area (Å²) in [5.74, 6) is 3.16. The second-order valence-electron chi connectivity index (χ2n) is 8.68. The first kappa shape index (κ1) is 27.2. The van der Waals surface area contributed by atoms with Gasteiger partial charge in [-0.1, -0.05) is 22.8 Å². The molecule has 0 aliphatic carbocycles. The minimum atomic E-state index is -0.298. The predicted molar refractivity (Wildman–Crippen MR) is 141 cm³/mol. The molecule has 37 heavy (non-hydrogen) atoms. The molecule has 2 heterocycles. The van der Waals surface area contributed by atoms with E-state index in [1.807, 2.05) is 12.1 Å². The first-order valence-corrected chi connectivity index (χ1v) is 13.6. The zero-order chi connectivity index (χ0) is 26.2. The summed E-state index contributed by atoms with van der Waals surface area (Å²) in [5, 5.41) is 7.54. The van der Waals surface area contributed by atoms with Crippen LogP contribution in [0.15, 0.2) is 40.9 Å². The van der Waals surface area contributed by atoms with E-state index < -0.39 is 0 Å². The molecule has 198 valence electrons. The van der Waals surface area contributed by atoms with E-state index in [1.165, 1.54) is 6.07 Å². The third kappa shape index (κ3) is 7.15.